The lowest BCUT2D eigenvalue weighted by molar-refractivity contribution is -0.141. The van der Waals surface area contributed by atoms with Crippen LogP contribution in [0.3, 0.4) is 0 Å². The maximum absolute atomic E-state index is 11.5. The molecule has 0 saturated heterocycles. The Labute approximate surface area is 111 Å². The smallest absolute Gasteiger partial charge is 0.315 e. The van der Waals surface area contributed by atoms with Gasteiger partial charge in [-0.05, 0) is 19.3 Å². The molecule has 0 radical (unpaired) electrons. The predicted molar refractivity (Wildman–Crippen MR) is 71.5 cm³/mol. The molecule has 0 heterocycles. The van der Waals surface area contributed by atoms with Crippen molar-refractivity contribution in [1.29, 1.82) is 0 Å². The number of terminal acetylenes is 1. The largest absolute Gasteiger partial charge is 0.481 e. The van der Waals surface area contributed by atoms with Gasteiger partial charge in [0, 0.05) is 18.3 Å². The average Bonchev–Trinajstić information content (AvgIpc) is 2.77. The third-order valence-corrected chi connectivity index (χ3v) is 3.70. The van der Waals surface area contributed by atoms with Gasteiger partial charge < -0.3 is 15.7 Å². The van der Waals surface area contributed by atoms with E-state index in [1.807, 2.05) is 0 Å². The minimum atomic E-state index is -0.773. The first kappa shape index (κ1) is 14.7. The van der Waals surface area contributed by atoms with Crippen LogP contribution in [0.4, 0.5) is 4.79 Å². The molecule has 0 aliphatic heterocycles. The molecule has 0 aromatic carbocycles. The van der Waals surface area contributed by atoms with E-state index in [4.69, 9.17) is 11.5 Å². The first-order chi connectivity index (χ1) is 8.63. The monoisotopic (exact) mass is 270 g/mol. The number of carbonyl (C=O) groups excluding carboxylic acids is 1. The van der Waals surface area contributed by atoms with Gasteiger partial charge >= 0.3 is 12.0 Å². The number of thioether (sulfide) groups is 1. The van der Waals surface area contributed by atoms with Gasteiger partial charge in [-0.3, -0.25) is 4.79 Å². The summed E-state index contributed by atoms with van der Waals surface area (Å²) in [5, 5.41) is 14.4. The van der Waals surface area contributed by atoms with Crippen LogP contribution in [0.1, 0.15) is 19.3 Å². The van der Waals surface area contributed by atoms with Crippen molar-refractivity contribution in [3.05, 3.63) is 0 Å². The van der Waals surface area contributed by atoms with Crippen molar-refractivity contribution < 1.29 is 14.7 Å². The number of rotatable bonds is 6. The van der Waals surface area contributed by atoms with Gasteiger partial charge in [0.25, 0.3) is 0 Å². The first-order valence-electron chi connectivity index (χ1n) is 5.92. The Hall–Kier alpha value is -1.35. The molecule has 2 atom stereocenters. The summed E-state index contributed by atoms with van der Waals surface area (Å²) in [6.45, 7) is 0.563. The van der Waals surface area contributed by atoms with Crippen LogP contribution >= 0.6 is 11.8 Å². The van der Waals surface area contributed by atoms with Crippen LogP contribution in [0.5, 0.6) is 0 Å². The van der Waals surface area contributed by atoms with E-state index >= 15 is 0 Å². The first-order valence-corrected chi connectivity index (χ1v) is 7.07. The highest BCUT2D eigenvalue weighted by Gasteiger charge is 2.30. The molecule has 1 saturated carbocycles. The van der Waals surface area contributed by atoms with Gasteiger partial charge in [0.15, 0.2) is 0 Å². The van der Waals surface area contributed by atoms with Gasteiger partial charge in [0.2, 0.25) is 0 Å². The zero-order chi connectivity index (χ0) is 13.4. The second-order valence-electron chi connectivity index (χ2n) is 4.20. The molecule has 0 bridgehead atoms. The van der Waals surface area contributed by atoms with Crippen LogP contribution in [0, 0.1) is 18.3 Å². The topological polar surface area (TPSA) is 78.4 Å². The van der Waals surface area contributed by atoms with Gasteiger partial charge in [0.1, 0.15) is 0 Å². The van der Waals surface area contributed by atoms with Gasteiger partial charge in [0.05, 0.1) is 11.7 Å². The molecular formula is C12H18N2O3S. The van der Waals surface area contributed by atoms with E-state index in [-0.39, 0.29) is 18.0 Å². The van der Waals surface area contributed by atoms with E-state index in [0.29, 0.717) is 25.1 Å². The normalized spacial score (nSPS) is 22.2. The third-order valence-electron chi connectivity index (χ3n) is 2.83. The van der Waals surface area contributed by atoms with Crippen molar-refractivity contribution in [1.82, 2.24) is 10.6 Å². The highest BCUT2D eigenvalue weighted by molar-refractivity contribution is 7.99. The minimum Gasteiger partial charge on any atom is -0.481 e. The molecule has 0 aromatic rings. The summed E-state index contributed by atoms with van der Waals surface area (Å²) in [5.74, 6) is 2.84. The molecule has 18 heavy (non-hydrogen) atoms. The Balaban J connectivity index is 2.10. The standard InChI is InChI=1S/C12H18N2O3S/c1-2-6-18-7-5-13-12(17)14-10-4-3-9(8-10)11(15)16/h1,9-10H,3-8H2,(H,15,16)(H2,13,14,17). The quantitative estimate of drug-likeness (QED) is 0.495. The Bertz CT molecular complexity index is 341. The summed E-state index contributed by atoms with van der Waals surface area (Å²) < 4.78 is 0. The van der Waals surface area contributed by atoms with Gasteiger partial charge in [-0.2, -0.15) is 0 Å². The average molecular weight is 270 g/mol. The number of nitrogens with one attached hydrogen (secondary N) is 2. The summed E-state index contributed by atoms with van der Waals surface area (Å²) in [7, 11) is 0. The Morgan fingerprint density at radius 3 is 2.83 bits per heavy atom. The molecule has 0 aromatic heterocycles. The molecule has 0 spiro atoms. The number of carbonyl (C=O) groups is 2. The lowest BCUT2D eigenvalue weighted by Crippen LogP contribution is -2.42. The highest BCUT2D eigenvalue weighted by Crippen LogP contribution is 2.25. The molecule has 2 amide bonds. The van der Waals surface area contributed by atoms with Crippen molar-refractivity contribution in [3.63, 3.8) is 0 Å². The van der Waals surface area contributed by atoms with Crippen molar-refractivity contribution in [2.45, 2.75) is 25.3 Å². The number of amides is 2. The number of carboxylic acids is 1. The summed E-state index contributed by atoms with van der Waals surface area (Å²) >= 11 is 1.59. The SMILES string of the molecule is C#CCSCCNC(=O)NC1CCC(C(=O)O)C1. The summed E-state index contributed by atoms with van der Waals surface area (Å²) in [6, 6.07) is -0.253. The number of carboxylic acid groups (broad SMARTS) is 1. The van der Waals surface area contributed by atoms with Crippen molar-refractivity contribution >= 4 is 23.8 Å². The third kappa shape index (κ3) is 5.32. The van der Waals surface area contributed by atoms with Crippen LogP contribution < -0.4 is 10.6 Å². The van der Waals surface area contributed by atoms with Crippen molar-refractivity contribution in [2.24, 2.45) is 5.92 Å². The molecule has 3 N–H and O–H groups in total. The Morgan fingerprint density at radius 2 is 2.22 bits per heavy atom. The van der Waals surface area contributed by atoms with E-state index in [0.717, 1.165) is 12.2 Å². The molecule has 100 valence electrons. The van der Waals surface area contributed by atoms with E-state index in [9.17, 15) is 9.59 Å². The molecule has 1 aliphatic carbocycles. The minimum absolute atomic E-state index is 0.0236. The molecule has 1 fully saturated rings. The Kier molecular flexibility index (Phi) is 6.44. The van der Waals surface area contributed by atoms with Crippen LogP contribution in [0.15, 0.2) is 0 Å². The predicted octanol–water partition coefficient (Wildman–Crippen LogP) is 0.905. The maximum atomic E-state index is 11.5. The number of aliphatic carboxylic acids is 1. The van der Waals surface area contributed by atoms with Gasteiger partial charge in [-0.15, -0.1) is 18.2 Å². The number of hydrogen-bond acceptors (Lipinski definition) is 3. The van der Waals surface area contributed by atoms with E-state index in [1.54, 1.807) is 11.8 Å². The number of hydrogen-bond donors (Lipinski definition) is 3. The summed E-state index contributed by atoms with van der Waals surface area (Å²) in [6.07, 6.45) is 6.99. The van der Waals surface area contributed by atoms with Crippen molar-refractivity contribution in [2.75, 3.05) is 18.1 Å². The molecular weight excluding hydrogens is 252 g/mol. The highest BCUT2D eigenvalue weighted by atomic mass is 32.2. The fourth-order valence-corrected chi connectivity index (χ4v) is 2.45. The lowest BCUT2D eigenvalue weighted by Gasteiger charge is -2.13. The molecule has 1 rings (SSSR count). The van der Waals surface area contributed by atoms with Gasteiger partial charge in [-0.25, -0.2) is 4.79 Å². The zero-order valence-electron chi connectivity index (χ0n) is 10.1. The molecule has 6 heteroatoms. The zero-order valence-corrected chi connectivity index (χ0v) is 11.0. The fourth-order valence-electron chi connectivity index (χ4n) is 1.94. The number of urea groups is 1. The molecule has 2 unspecified atom stereocenters. The molecule has 5 nitrogen and oxygen atoms in total. The second kappa shape index (κ2) is 7.88. The second-order valence-corrected chi connectivity index (χ2v) is 5.31. The van der Waals surface area contributed by atoms with E-state index in [1.165, 1.54) is 0 Å². The van der Waals surface area contributed by atoms with E-state index < -0.39 is 5.97 Å². The van der Waals surface area contributed by atoms with Gasteiger partial charge in [-0.1, -0.05) is 5.92 Å². The lowest BCUT2D eigenvalue weighted by atomic mass is 10.1. The van der Waals surface area contributed by atoms with Crippen LogP contribution in [0.25, 0.3) is 0 Å². The maximum Gasteiger partial charge on any atom is 0.315 e. The van der Waals surface area contributed by atoms with Crippen LogP contribution in [0.2, 0.25) is 0 Å². The molecule has 1 aliphatic rings. The summed E-state index contributed by atoms with van der Waals surface area (Å²) in [5.41, 5.74) is 0. The van der Waals surface area contributed by atoms with Crippen LogP contribution in [-0.4, -0.2) is 41.2 Å². The fraction of sp³-hybridized carbons (Fsp3) is 0.667. The summed E-state index contributed by atoms with van der Waals surface area (Å²) in [4.78, 5) is 22.2. The Morgan fingerprint density at radius 1 is 1.44 bits per heavy atom. The van der Waals surface area contributed by atoms with Crippen LogP contribution in [-0.2, 0) is 4.79 Å². The van der Waals surface area contributed by atoms with Crippen molar-refractivity contribution in [3.8, 4) is 12.3 Å². The van der Waals surface area contributed by atoms with E-state index in [2.05, 4.69) is 16.6 Å².